The first kappa shape index (κ1) is 15.4. The number of anilines is 1. The van der Waals surface area contributed by atoms with E-state index in [0.717, 1.165) is 25.0 Å². The molecule has 21 heavy (non-hydrogen) atoms. The molecule has 1 aliphatic rings. The number of nitrogens with one attached hydrogen (secondary N) is 2. The first-order valence-corrected chi connectivity index (χ1v) is 7.57. The summed E-state index contributed by atoms with van der Waals surface area (Å²) in [5.74, 6) is 0.288. The van der Waals surface area contributed by atoms with Gasteiger partial charge in [-0.25, -0.2) is 5.43 Å². The minimum atomic E-state index is -0.242. The summed E-state index contributed by atoms with van der Waals surface area (Å²) in [6, 6.07) is 0. The van der Waals surface area contributed by atoms with Gasteiger partial charge in [-0.1, -0.05) is 25.3 Å². The molecule has 0 amide bonds. The lowest BCUT2D eigenvalue weighted by Crippen LogP contribution is -2.16. The Labute approximate surface area is 124 Å². The second-order valence-corrected chi connectivity index (χ2v) is 5.47. The summed E-state index contributed by atoms with van der Waals surface area (Å²) in [6.07, 6.45) is 6.76. The molecule has 0 saturated heterocycles. The van der Waals surface area contributed by atoms with E-state index >= 15 is 0 Å². The van der Waals surface area contributed by atoms with Crippen LogP contribution >= 0.6 is 0 Å². The molecule has 1 aromatic rings. The molecule has 0 fully saturated rings. The third-order valence-corrected chi connectivity index (χ3v) is 3.79. The summed E-state index contributed by atoms with van der Waals surface area (Å²) in [7, 11) is 0. The van der Waals surface area contributed by atoms with Gasteiger partial charge in [0.15, 0.2) is 0 Å². The van der Waals surface area contributed by atoms with Crippen molar-refractivity contribution in [2.75, 3.05) is 5.43 Å². The zero-order valence-corrected chi connectivity index (χ0v) is 13.0. The monoisotopic (exact) mass is 289 g/mol. The average molecular weight is 289 g/mol. The Morgan fingerprint density at radius 3 is 2.76 bits per heavy atom. The van der Waals surface area contributed by atoms with Crippen LogP contribution < -0.4 is 11.0 Å². The predicted octanol–water partition coefficient (Wildman–Crippen LogP) is 2.93. The summed E-state index contributed by atoms with van der Waals surface area (Å²) < 4.78 is 0. The second-order valence-electron chi connectivity index (χ2n) is 5.47. The molecule has 1 aliphatic carbocycles. The van der Waals surface area contributed by atoms with Crippen molar-refractivity contribution < 1.29 is 0 Å². The molecule has 0 aliphatic heterocycles. The van der Waals surface area contributed by atoms with Crippen LogP contribution in [-0.2, 0) is 0 Å². The van der Waals surface area contributed by atoms with Gasteiger partial charge in [0, 0.05) is 0 Å². The zero-order valence-electron chi connectivity index (χ0n) is 13.0. The lowest BCUT2D eigenvalue weighted by Gasteiger charge is -2.06. The second kappa shape index (κ2) is 7.15. The molecule has 0 atom stereocenters. The SMILES string of the molecule is CCCCCC1=C(C)CC/C1=N\Nc1nnc(C)c(=O)[nH]1. The minimum Gasteiger partial charge on any atom is -0.288 e. The van der Waals surface area contributed by atoms with E-state index in [-0.39, 0.29) is 11.5 Å². The maximum absolute atomic E-state index is 11.5. The number of aromatic amines is 1. The Balaban J connectivity index is 2.05. The summed E-state index contributed by atoms with van der Waals surface area (Å²) in [6.45, 7) is 6.01. The van der Waals surface area contributed by atoms with E-state index in [9.17, 15) is 4.79 Å². The van der Waals surface area contributed by atoms with Crippen molar-refractivity contribution in [2.24, 2.45) is 5.10 Å². The Morgan fingerprint density at radius 1 is 1.24 bits per heavy atom. The van der Waals surface area contributed by atoms with Crippen molar-refractivity contribution >= 4 is 11.7 Å². The van der Waals surface area contributed by atoms with Crippen molar-refractivity contribution in [1.29, 1.82) is 0 Å². The number of hydrazone groups is 1. The minimum absolute atomic E-state index is 0.242. The first-order valence-electron chi connectivity index (χ1n) is 7.57. The Bertz CT molecular complexity index is 615. The van der Waals surface area contributed by atoms with Crippen molar-refractivity contribution in [3.8, 4) is 0 Å². The summed E-state index contributed by atoms with van der Waals surface area (Å²) in [5.41, 5.74) is 6.79. The molecule has 0 spiro atoms. The fourth-order valence-electron chi connectivity index (χ4n) is 2.45. The van der Waals surface area contributed by atoms with E-state index in [4.69, 9.17) is 0 Å². The number of rotatable bonds is 6. The first-order chi connectivity index (χ1) is 10.1. The Morgan fingerprint density at radius 2 is 2.05 bits per heavy atom. The van der Waals surface area contributed by atoms with E-state index in [1.54, 1.807) is 6.92 Å². The van der Waals surface area contributed by atoms with E-state index in [0.29, 0.717) is 5.69 Å². The number of unbranched alkanes of at least 4 members (excludes halogenated alkanes) is 2. The van der Waals surface area contributed by atoms with Crippen LogP contribution in [0.2, 0.25) is 0 Å². The predicted molar refractivity (Wildman–Crippen MR) is 84.5 cm³/mol. The molecule has 1 heterocycles. The Kier molecular flexibility index (Phi) is 5.25. The fraction of sp³-hybridized carbons (Fsp3) is 0.600. The third-order valence-electron chi connectivity index (χ3n) is 3.79. The van der Waals surface area contributed by atoms with Crippen LogP contribution in [-0.4, -0.2) is 20.9 Å². The van der Waals surface area contributed by atoms with E-state index in [1.165, 1.54) is 30.4 Å². The van der Waals surface area contributed by atoms with Crippen LogP contribution in [0, 0.1) is 6.92 Å². The lowest BCUT2D eigenvalue weighted by molar-refractivity contribution is 0.720. The van der Waals surface area contributed by atoms with Gasteiger partial charge in [0.2, 0.25) is 5.95 Å². The van der Waals surface area contributed by atoms with Crippen LogP contribution in [0.3, 0.4) is 0 Å². The fourth-order valence-corrected chi connectivity index (χ4v) is 2.45. The number of nitrogens with zero attached hydrogens (tertiary/aromatic N) is 3. The van der Waals surface area contributed by atoms with Crippen LogP contribution in [0.15, 0.2) is 21.0 Å². The number of hydrogen-bond donors (Lipinski definition) is 2. The maximum atomic E-state index is 11.5. The molecule has 114 valence electrons. The van der Waals surface area contributed by atoms with Gasteiger partial charge in [-0.3, -0.25) is 9.78 Å². The van der Waals surface area contributed by atoms with E-state index in [1.807, 2.05) is 0 Å². The molecular weight excluding hydrogens is 266 g/mol. The molecule has 2 N–H and O–H groups in total. The van der Waals surface area contributed by atoms with E-state index < -0.39 is 0 Å². The molecule has 0 bridgehead atoms. The van der Waals surface area contributed by atoms with Crippen LogP contribution in [0.1, 0.15) is 58.1 Å². The van der Waals surface area contributed by atoms with Gasteiger partial charge in [0.05, 0.1) is 5.71 Å². The van der Waals surface area contributed by atoms with Gasteiger partial charge in [-0.05, 0) is 45.1 Å². The van der Waals surface area contributed by atoms with Gasteiger partial charge in [0.1, 0.15) is 5.69 Å². The lowest BCUT2D eigenvalue weighted by atomic mass is 10.0. The zero-order chi connectivity index (χ0) is 15.2. The average Bonchev–Trinajstić information content (AvgIpc) is 2.82. The van der Waals surface area contributed by atoms with Gasteiger partial charge in [-0.15, -0.1) is 10.2 Å². The van der Waals surface area contributed by atoms with Gasteiger partial charge in [-0.2, -0.15) is 5.10 Å². The van der Waals surface area contributed by atoms with Crippen LogP contribution in [0.25, 0.3) is 0 Å². The normalized spacial score (nSPS) is 16.8. The summed E-state index contributed by atoms with van der Waals surface area (Å²) >= 11 is 0. The van der Waals surface area contributed by atoms with Crippen molar-refractivity contribution in [3.05, 3.63) is 27.2 Å². The number of allylic oxidation sites excluding steroid dienone is 2. The smallest absolute Gasteiger partial charge is 0.274 e. The van der Waals surface area contributed by atoms with Crippen LogP contribution in [0.5, 0.6) is 0 Å². The number of aromatic nitrogens is 3. The summed E-state index contributed by atoms with van der Waals surface area (Å²) in [5, 5.41) is 12.1. The molecule has 0 unspecified atom stereocenters. The van der Waals surface area contributed by atoms with Gasteiger partial charge >= 0.3 is 0 Å². The van der Waals surface area contributed by atoms with Crippen LogP contribution in [0.4, 0.5) is 5.95 Å². The standard InChI is InChI=1S/C15H23N5O/c1-4-5-6-7-12-10(2)8-9-13(12)18-20-15-16-14(21)11(3)17-19-15/h4-9H2,1-3H3,(H2,16,19,20,21)/b18-13+. The molecule has 6 nitrogen and oxygen atoms in total. The number of H-pyrrole nitrogens is 1. The maximum Gasteiger partial charge on any atom is 0.274 e. The molecule has 0 aromatic carbocycles. The molecule has 0 saturated carbocycles. The number of aryl methyl sites for hydroxylation is 1. The molecule has 0 radical (unpaired) electrons. The quantitative estimate of drug-likeness (QED) is 0.623. The largest absolute Gasteiger partial charge is 0.288 e. The van der Waals surface area contributed by atoms with Gasteiger partial charge in [0.25, 0.3) is 5.56 Å². The van der Waals surface area contributed by atoms with E-state index in [2.05, 4.69) is 39.6 Å². The Hall–Kier alpha value is -1.98. The summed E-state index contributed by atoms with van der Waals surface area (Å²) in [4.78, 5) is 14.1. The third kappa shape index (κ3) is 4.00. The highest BCUT2D eigenvalue weighted by atomic mass is 16.1. The molecule has 2 rings (SSSR count). The highest BCUT2D eigenvalue weighted by Gasteiger charge is 2.18. The molecular formula is C15H23N5O. The number of hydrogen-bond acceptors (Lipinski definition) is 5. The highest BCUT2D eigenvalue weighted by molar-refractivity contribution is 6.03. The van der Waals surface area contributed by atoms with Crippen molar-refractivity contribution in [1.82, 2.24) is 15.2 Å². The van der Waals surface area contributed by atoms with Crippen molar-refractivity contribution in [3.63, 3.8) is 0 Å². The topological polar surface area (TPSA) is 83.0 Å². The van der Waals surface area contributed by atoms with Crippen molar-refractivity contribution in [2.45, 2.75) is 59.3 Å². The highest BCUT2D eigenvalue weighted by Crippen LogP contribution is 2.27. The van der Waals surface area contributed by atoms with Gasteiger partial charge < -0.3 is 0 Å². The molecule has 1 aromatic heterocycles. The molecule has 6 heteroatoms.